The lowest BCUT2D eigenvalue weighted by atomic mass is 10.1. The first-order valence-electron chi connectivity index (χ1n) is 4.80. The van der Waals surface area contributed by atoms with Crippen LogP contribution in [0, 0.1) is 0 Å². The minimum absolute atomic E-state index is 0.131. The second kappa shape index (κ2) is 3.48. The van der Waals surface area contributed by atoms with Gasteiger partial charge in [0.15, 0.2) is 0 Å². The number of hydrogen-bond acceptors (Lipinski definition) is 4. The van der Waals surface area contributed by atoms with Crippen molar-refractivity contribution in [2.75, 3.05) is 11.1 Å². The lowest BCUT2D eigenvalue weighted by Gasteiger charge is -2.19. The molecular weight excluding hydrogens is 178 g/mol. The molecule has 1 aromatic heterocycles. The zero-order valence-corrected chi connectivity index (χ0v) is 9.50. The van der Waals surface area contributed by atoms with E-state index in [1.165, 1.54) is 0 Å². The van der Waals surface area contributed by atoms with Crippen molar-refractivity contribution in [3.8, 4) is 0 Å². The highest BCUT2D eigenvalue weighted by molar-refractivity contribution is 5.32. The smallest absolute Gasteiger partial charge is 0.244 e. The van der Waals surface area contributed by atoms with Crippen LogP contribution in [-0.4, -0.2) is 20.8 Å². The Morgan fingerprint density at radius 3 is 2.29 bits per heavy atom. The average molecular weight is 197 g/mol. The van der Waals surface area contributed by atoms with Crippen LogP contribution < -0.4 is 11.1 Å². The van der Waals surface area contributed by atoms with E-state index in [2.05, 4.69) is 15.4 Å². The van der Waals surface area contributed by atoms with Gasteiger partial charge in [-0.15, -0.1) is 5.10 Å². The molecule has 1 rings (SSSR count). The van der Waals surface area contributed by atoms with Gasteiger partial charge < -0.3 is 11.1 Å². The molecule has 0 aromatic carbocycles. The second-order valence-corrected chi connectivity index (χ2v) is 4.68. The number of rotatable bonds is 2. The molecule has 0 aliphatic rings. The quantitative estimate of drug-likeness (QED) is 0.752. The van der Waals surface area contributed by atoms with Crippen LogP contribution in [0.5, 0.6) is 0 Å². The molecule has 0 amide bonds. The number of anilines is 2. The average Bonchev–Trinajstić information content (AvgIpc) is 2.27. The molecule has 80 valence electrons. The summed E-state index contributed by atoms with van der Waals surface area (Å²) >= 11 is 0. The summed E-state index contributed by atoms with van der Waals surface area (Å²) in [6.07, 6.45) is 0. The first kappa shape index (κ1) is 10.8. The van der Waals surface area contributed by atoms with Gasteiger partial charge in [0.2, 0.25) is 11.9 Å². The molecule has 0 aliphatic heterocycles. The highest BCUT2D eigenvalue weighted by Crippen LogP contribution is 2.18. The van der Waals surface area contributed by atoms with E-state index in [-0.39, 0.29) is 5.54 Å². The minimum atomic E-state index is -0.131. The molecule has 0 saturated heterocycles. The fourth-order valence-electron chi connectivity index (χ4n) is 1.14. The van der Waals surface area contributed by atoms with E-state index in [4.69, 9.17) is 5.73 Å². The van der Waals surface area contributed by atoms with Crippen molar-refractivity contribution < 1.29 is 0 Å². The van der Waals surface area contributed by atoms with E-state index in [0.717, 1.165) is 0 Å². The summed E-state index contributed by atoms with van der Waals surface area (Å²) < 4.78 is 1.72. The standard InChI is InChI=1S/C9H19N5/c1-6(2)11-8-12-7(10)14(13-8)9(3,4)5/h6H,1-5H3,(H3,10,11,12,13). The fourth-order valence-corrected chi connectivity index (χ4v) is 1.14. The molecule has 5 heteroatoms. The molecule has 0 unspecified atom stereocenters. The van der Waals surface area contributed by atoms with Crippen molar-refractivity contribution in [3.63, 3.8) is 0 Å². The van der Waals surface area contributed by atoms with E-state index in [1.54, 1.807) is 4.68 Å². The Kier molecular flexibility index (Phi) is 2.69. The van der Waals surface area contributed by atoms with Gasteiger partial charge in [-0.3, -0.25) is 0 Å². The molecule has 0 radical (unpaired) electrons. The Morgan fingerprint density at radius 1 is 1.36 bits per heavy atom. The maximum absolute atomic E-state index is 5.75. The van der Waals surface area contributed by atoms with Gasteiger partial charge in [0.1, 0.15) is 0 Å². The van der Waals surface area contributed by atoms with Gasteiger partial charge in [-0.2, -0.15) is 4.98 Å². The maximum Gasteiger partial charge on any atom is 0.244 e. The van der Waals surface area contributed by atoms with Crippen molar-refractivity contribution in [2.45, 2.75) is 46.2 Å². The molecule has 0 aliphatic carbocycles. The van der Waals surface area contributed by atoms with E-state index >= 15 is 0 Å². The number of hydrogen-bond donors (Lipinski definition) is 2. The molecular formula is C9H19N5. The number of nitrogen functional groups attached to an aromatic ring is 1. The SMILES string of the molecule is CC(C)Nc1nc(N)n(C(C)(C)C)n1. The van der Waals surface area contributed by atoms with Gasteiger partial charge in [-0.1, -0.05) is 0 Å². The van der Waals surface area contributed by atoms with Gasteiger partial charge >= 0.3 is 0 Å². The van der Waals surface area contributed by atoms with Gasteiger partial charge in [0.25, 0.3) is 0 Å². The molecule has 0 bridgehead atoms. The largest absolute Gasteiger partial charge is 0.368 e. The van der Waals surface area contributed by atoms with Crippen LogP contribution in [0.1, 0.15) is 34.6 Å². The van der Waals surface area contributed by atoms with Gasteiger partial charge in [-0.05, 0) is 34.6 Å². The molecule has 5 nitrogen and oxygen atoms in total. The van der Waals surface area contributed by atoms with E-state index in [1.807, 2.05) is 34.6 Å². The second-order valence-electron chi connectivity index (χ2n) is 4.68. The highest BCUT2D eigenvalue weighted by Gasteiger charge is 2.19. The van der Waals surface area contributed by atoms with Gasteiger partial charge in [-0.25, -0.2) is 4.68 Å². The molecule has 3 N–H and O–H groups in total. The Balaban J connectivity index is 2.94. The summed E-state index contributed by atoms with van der Waals surface area (Å²) in [5.41, 5.74) is 5.62. The van der Waals surface area contributed by atoms with Crippen LogP contribution in [0.2, 0.25) is 0 Å². The van der Waals surface area contributed by atoms with Crippen LogP contribution in [0.15, 0.2) is 0 Å². The van der Waals surface area contributed by atoms with Crippen LogP contribution in [0.4, 0.5) is 11.9 Å². The third-order valence-corrected chi connectivity index (χ3v) is 1.69. The Morgan fingerprint density at radius 2 is 1.93 bits per heavy atom. The Hall–Kier alpha value is -1.26. The topological polar surface area (TPSA) is 68.8 Å². The summed E-state index contributed by atoms with van der Waals surface area (Å²) in [7, 11) is 0. The number of nitrogens with two attached hydrogens (primary N) is 1. The third-order valence-electron chi connectivity index (χ3n) is 1.69. The van der Waals surface area contributed by atoms with Gasteiger partial charge in [0, 0.05) is 6.04 Å². The molecule has 0 saturated carbocycles. The summed E-state index contributed by atoms with van der Waals surface area (Å²) in [6.45, 7) is 10.2. The van der Waals surface area contributed by atoms with Gasteiger partial charge in [0.05, 0.1) is 5.54 Å². The first-order valence-corrected chi connectivity index (χ1v) is 4.80. The first-order chi connectivity index (χ1) is 6.30. The lowest BCUT2D eigenvalue weighted by Crippen LogP contribution is -2.25. The summed E-state index contributed by atoms with van der Waals surface area (Å²) in [5.74, 6) is 1.04. The molecule has 1 aromatic rings. The number of nitrogens with zero attached hydrogens (tertiary/aromatic N) is 3. The third kappa shape index (κ3) is 2.37. The monoisotopic (exact) mass is 197 g/mol. The highest BCUT2D eigenvalue weighted by atomic mass is 15.4. The van der Waals surface area contributed by atoms with Crippen molar-refractivity contribution in [1.82, 2.24) is 14.8 Å². The van der Waals surface area contributed by atoms with E-state index < -0.39 is 0 Å². The van der Waals surface area contributed by atoms with Crippen LogP contribution in [0.25, 0.3) is 0 Å². The predicted molar refractivity (Wildman–Crippen MR) is 58.2 cm³/mol. The molecule has 0 spiro atoms. The summed E-state index contributed by atoms with van der Waals surface area (Å²) in [5, 5.41) is 7.41. The van der Waals surface area contributed by atoms with Crippen molar-refractivity contribution in [2.24, 2.45) is 0 Å². The van der Waals surface area contributed by atoms with E-state index in [0.29, 0.717) is 17.9 Å². The normalized spacial score (nSPS) is 12.1. The molecule has 0 atom stereocenters. The van der Waals surface area contributed by atoms with Crippen LogP contribution >= 0.6 is 0 Å². The number of nitrogens with one attached hydrogen (secondary N) is 1. The van der Waals surface area contributed by atoms with E-state index in [9.17, 15) is 0 Å². The molecule has 1 heterocycles. The molecule has 0 fully saturated rings. The minimum Gasteiger partial charge on any atom is -0.368 e. The van der Waals surface area contributed by atoms with Crippen molar-refractivity contribution in [1.29, 1.82) is 0 Å². The maximum atomic E-state index is 5.75. The number of aromatic nitrogens is 3. The lowest BCUT2D eigenvalue weighted by molar-refractivity contribution is 0.361. The predicted octanol–water partition coefficient (Wildman–Crippen LogP) is 1.44. The molecule has 14 heavy (non-hydrogen) atoms. The van der Waals surface area contributed by atoms with Crippen LogP contribution in [-0.2, 0) is 5.54 Å². The van der Waals surface area contributed by atoms with Crippen molar-refractivity contribution in [3.05, 3.63) is 0 Å². The van der Waals surface area contributed by atoms with Crippen LogP contribution in [0.3, 0.4) is 0 Å². The zero-order valence-electron chi connectivity index (χ0n) is 9.50. The Labute approximate surface area is 84.7 Å². The fraction of sp³-hybridized carbons (Fsp3) is 0.778. The van der Waals surface area contributed by atoms with Crippen molar-refractivity contribution >= 4 is 11.9 Å². The summed E-state index contributed by atoms with van der Waals surface area (Å²) in [4.78, 5) is 4.14. The Bertz CT molecular complexity index is 307. The zero-order chi connectivity index (χ0) is 10.9. The summed E-state index contributed by atoms with van der Waals surface area (Å²) in [6, 6.07) is 0.310.